The fraction of sp³-hybridized carbons (Fsp3) is 0.0909. The molecule has 0 aliphatic heterocycles. The third kappa shape index (κ3) is 3.38. The maximum Gasteiger partial charge on any atom is 0.273 e. The molecule has 1 heterocycles. The summed E-state index contributed by atoms with van der Waals surface area (Å²) >= 11 is 3.26. The average molecular weight is 325 g/mol. The van der Waals surface area contributed by atoms with Gasteiger partial charge in [-0.1, -0.05) is 0 Å². The van der Waals surface area contributed by atoms with E-state index in [0.29, 0.717) is 21.7 Å². The van der Waals surface area contributed by atoms with Crippen LogP contribution in [0.15, 0.2) is 35.1 Å². The van der Waals surface area contributed by atoms with E-state index in [9.17, 15) is 10.1 Å². The Labute approximate surface area is 116 Å². The van der Waals surface area contributed by atoms with Gasteiger partial charge in [0, 0.05) is 6.07 Å². The van der Waals surface area contributed by atoms with Gasteiger partial charge in [0.05, 0.1) is 33.6 Å². The Balaban J connectivity index is 2.12. The van der Waals surface area contributed by atoms with E-state index in [4.69, 9.17) is 10.5 Å². The molecule has 0 saturated carbocycles. The molecule has 8 heteroatoms. The summed E-state index contributed by atoms with van der Waals surface area (Å²) in [4.78, 5) is 18.1. The Morgan fingerprint density at radius 1 is 1.37 bits per heavy atom. The minimum Gasteiger partial charge on any atom is -0.486 e. The van der Waals surface area contributed by atoms with Gasteiger partial charge in [-0.2, -0.15) is 0 Å². The first-order valence-electron chi connectivity index (χ1n) is 5.19. The number of rotatable bonds is 4. The van der Waals surface area contributed by atoms with Crippen molar-refractivity contribution in [2.24, 2.45) is 0 Å². The monoisotopic (exact) mass is 324 g/mol. The van der Waals surface area contributed by atoms with Crippen LogP contribution in [-0.4, -0.2) is 14.9 Å². The van der Waals surface area contributed by atoms with Crippen LogP contribution in [0.25, 0.3) is 0 Å². The van der Waals surface area contributed by atoms with Crippen molar-refractivity contribution in [3.05, 3.63) is 50.9 Å². The number of ether oxygens (including phenoxy) is 1. The lowest BCUT2D eigenvalue weighted by Gasteiger charge is -2.07. The number of halogens is 1. The molecular weight excluding hydrogens is 316 g/mol. The first kappa shape index (κ1) is 13.2. The van der Waals surface area contributed by atoms with Crippen LogP contribution < -0.4 is 10.5 Å². The maximum atomic E-state index is 10.7. The van der Waals surface area contributed by atoms with E-state index in [1.54, 1.807) is 6.07 Å². The van der Waals surface area contributed by atoms with Crippen molar-refractivity contribution < 1.29 is 9.66 Å². The Kier molecular flexibility index (Phi) is 3.91. The van der Waals surface area contributed by atoms with Crippen LogP contribution in [-0.2, 0) is 6.61 Å². The maximum absolute atomic E-state index is 10.7. The van der Waals surface area contributed by atoms with Crippen molar-refractivity contribution in [1.82, 2.24) is 9.97 Å². The normalized spacial score (nSPS) is 10.2. The SMILES string of the molecule is Nc1cnc(COc2cc([N+](=O)[O-])ccc2Br)cn1. The molecule has 7 nitrogen and oxygen atoms in total. The number of nitrogens with zero attached hydrogens (tertiary/aromatic N) is 3. The zero-order valence-corrected chi connectivity index (χ0v) is 11.2. The summed E-state index contributed by atoms with van der Waals surface area (Å²) in [7, 11) is 0. The minimum absolute atomic E-state index is 0.0402. The van der Waals surface area contributed by atoms with Gasteiger partial charge in [0.15, 0.2) is 0 Å². The number of nitrogen functional groups attached to an aromatic ring is 1. The fourth-order valence-corrected chi connectivity index (χ4v) is 1.67. The Bertz CT molecular complexity index is 603. The van der Waals surface area contributed by atoms with Gasteiger partial charge in [-0.25, -0.2) is 4.98 Å². The Morgan fingerprint density at radius 2 is 2.16 bits per heavy atom. The lowest BCUT2D eigenvalue weighted by atomic mass is 10.3. The molecule has 2 N–H and O–H groups in total. The molecule has 0 bridgehead atoms. The molecule has 19 heavy (non-hydrogen) atoms. The topological polar surface area (TPSA) is 104 Å². The molecule has 1 aromatic carbocycles. The summed E-state index contributed by atoms with van der Waals surface area (Å²) in [6.45, 7) is 0.146. The molecule has 0 spiro atoms. The summed E-state index contributed by atoms with van der Waals surface area (Å²) in [5.74, 6) is 0.688. The number of nitro groups is 1. The molecule has 0 saturated heterocycles. The zero-order chi connectivity index (χ0) is 13.8. The van der Waals surface area contributed by atoms with Crippen LogP contribution in [0.3, 0.4) is 0 Å². The van der Waals surface area contributed by atoms with E-state index < -0.39 is 4.92 Å². The van der Waals surface area contributed by atoms with Crippen LogP contribution in [0.4, 0.5) is 11.5 Å². The van der Waals surface area contributed by atoms with E-state index in [1.807, 2.05) is 0 Å². The highest BCUT2D eigenvalue weighted by Gasteiger charge is 2.10. The second-order valence-electron chi connectivity index (χ2n) is 3.59. The van der Waals surface area contributed by atoms with Gasteiger partial charge in [-0.05, 0) is 22.0 Å². The van der Waals surface area contributed by atoms with Gasteiger partial charge >= 0.3 is 0 Å². The van der Waals surface area contributed by atoms with E-state index in [-0.39, 0.29) is 12.3 Å². The van der Waals surface area contributed by atoms with E-state index >= 15 is 0 Å². The predicted octanol–water partition coefficient (Wildman–Crippen LogP) is 2.31. The number of nitrogens with two attached hydrogens (primary N) is 1. The van der Waals surface area contributed by atoms with Crippen molar-refractivity contribution in [3.8, 4) is 5.75 Å². The number of non-ortho nitro benzene ring substituents is 1. The van der Waals surface area contributed by atoms with Crippen LogP contribution >= 0.6 is 15.9 Å². The Hall–Kier alpha value is -2.22. The molecule has 1 aromatic heterocycles. The molecule has 0 aliphatic carbocycles. The summed E-state index contributed by atoms with van der Waals surface area (Å²) in [5.41, 5.74) is 5.95. The summed E-state index contributed by atoms with van der Waals surface area (Å²) in [6.07, 6.45) is 2.90. The molecule has 0 atom stereocenters. The van der Waals surface area contributed by atoms with Crippen molar-refractivity contribution >= 4 is 27.4 Å². The van der Waals surface area contributed by atoms with E-state index in [0.717, 1.165) is 0 Å². The first-order valence-corrected chi connectivity index (χ1v) is 5.98. The molecule has 2 aromatic rings. The molecule has 0 aliphatic rings. The van der Waals surface area contributed by atoms with Gasteiger partial charge in [0.25, 0.3) is 5.69 Å². The number of nitro benzene ring substituents is 1. The van der Waals surface area contributed by atoms with Gasteiger partial charge in [-0.15, -0.1) is 0 Å². The predicted molar refractivity (Wildman–Crippen MR) is 71.6 cm³/mol. The number of hydrogen-bond acceptors (Lipinski definition) is 6. The first-order chi connectivity index (χ1) is 9.06. The third-order valence-electron chi connectivity index (χ3n) is 2.23. The number of aromatic nitrogens is 2. The van der Waals surface area contributed by atoms with E-state index in [1.165, 1.54) is 24.5 Å². The van der Waals surface area contributed by atoms with Crippen LogP contribution in [0, 0.1) is 10.1 Å². The van der Waals surface area contributed by atoms with Gasteiger partial charge in [0.2, 0.25) is 0 Å². The lowest BCUT2D eigenvalue weighted by Crippen LogP contribution is -2.01. The van der Waals surface area contributed by atoms with Crippen molar-refractivity contribution in [3.63, 3.8) is 0 Å². The number of hydrogen-bond donors (Lipinski definition) is 1. The van der Waals surface area contributed by atoms with Gasteiger partial charge < -0.3 is 10.5 Å². The quantitative estimate of drug-likeness (QED) is 0.683. The number of anilines is 1. The summed E-state index contributed by atoms with van der Waals surface area (Å²) in [5, 5.41) is 10.7. The summed E-state index contributed by atoms with van der Waals surface area (Å²) in [6, 6.07) is 4.29. The van der Waals surface area contributed by atoms with Gasteiger partial charge in [0.1, 0.15) is 18.2 Å². The minimum atomic E-state index is -0.484. The largest absolute Gasteiger partial charge is 0.486 e. The van der Waals surface area contributed by atoms with Crippen molar-refractivity contribution in [2.45, 2.75) is 6.61 Å². The second-order valence-corrected chi connectivity index (χ2v) is 4.45. The lowest BCUT2D eigenvalue weighted by molar-refractivity contribution is -0.385. The summed E-state index contributed by atoms with van der Waals surface area (Å²) < 4.78 is 6.09. The molecule has 0 fully saturated rings. The van der Waals surface area contributed by atoms with Crippen molar-refractivity contribution in [1.29, 1.82) is 0 Å². The smallest absolute Gasteiger partial charge is 0.273 e. The molecule has 0 radical (unpaired) electrons. The van der Waals surface area contributed by atoms with E-state index in [2.05, 4.69) is 25.9 Å². The molecular formula is C11H9BrN4O3. The molecule has 2 rings (SSSR count). The molecule has 0 unspecified atom stereocenters. The van der Waals surface area contributed by atoms with Crippen LogP contribution in [0.1, 0.15) is 5.69 Å². The second kappa shape index (κ2) is 5.61. The third-order valence-corrected chi connectivity index (χ3v) is 2.88. The van der Waals surface area contributed by atoms with Crippen molar-refractivity contribution in [2.75, 3.05) is 5.73 Å². The average Bonchev–Trinajstić information content (AvgIpc) is 2.39. The zero-order valence-electron chi connectivity index (χ0n) is 9.62. The highest BCUT2D eigenvalue weighted by Crippen LogP contribution is 2.29. The Morgan fingerprint density at radius 3 is 2.79 bits per heavy atom. The highest BCUT2D eigenvalue weighted by molar-refractivity contribution is 9.10. The molecule has 0 amide bonds. The highest BCUT2D eigenvalue weighted by atomic mass is 79.9. The van der Waals surface area contributed by atoms with Crippen LogP contribution in [0.5, 0.6) is 5.75 Å². The number of benzene rings is 1. The van der Waals surface area contributed by atoms with Crippen LogP contribution in [0.2, 0.25) is 0 Å². The van der Waals surface area contributed by atoms with Gasteiger partial charge in [-0.3, -0.25) is 15.1 Å². The molecule has 98 valence electrons. The fourth-order valence-electron chi connectivity index (χ4n) is 1.31. The standard InChI is InChI=1S/C11H9BrN4O3/c12-9-2-1-8(16(17)18)3-10(9)19-6-7-4-15-11(13)5-14-7/h1-5H,6H2,(H2,13,15).